The Kier molecular flexibility index (Phi) is 6.94. The Morgan fingerprint density at radius 3 is 2.46 bits per heavy atom. The van der Waals surface area contributed by atoms with Crippen LogP contribution in [0.2, 0.25) is 0 Å². The minimum atomic E-state index is -1.32. The molecule has 0 aliphatic rings. The van der Waals surface area contributed by atoms with Gasteiger partial charge < -0.3 is 15.7 Å². The van der Waals surface area contributed by atoms with Crippen molar-refractivity contribution in [2.24, 2.45) is 11.3 Å². The van der Waals surface area contributed by atoms with Crippen molar-refractivity contribution in [1.29, 1.82) is 0 Å². The Bertz CT molecular complexity index is 569. The van der Waals surface area contributed by atoms with Gasteiger partial charge in [0.15, 0.2) is 0 Å². The van der Waals surface area contributed by atoms with E-state index in [1.54, 1.807) is 0 Å². The molecule has 0 bridgehead atoms. The SMILES string of the molecule is CCCC(C(NC(=O)O)C(=O)C(=O)Nc1ccn[nH]1)C(C)(C)CC. The van der Waals surface area contributed by atoms with Crippen LogP contribution in [0.3, 0.4) is 0 Å². The number of amides is 2. The van der Waals surface area contributed by atoms with Gasteiger partial charge in [0.2, 0.25) is 5.78 Å². The smallest absolute Gasteiger partial charge is 0.405 e. The molecule has 8 nitrogen and oxygen atoms in total. The van der Waals surface area contributed by atoms with Gasteiger partial charge in [0.1, 0.15) is 11.9 Å². The second kappa shape index (κ2) is 8.47. The molecule has 0 radical (unpaired) electrons. The van der Waals surface area contributed by atoms with Gasteiger partial charge in [-0.15, -0.1) is 0 Å². The first-order valence-electron chi connectivity index (χ1n) is 8.07. The predicted octanol–water partition coefficient (Wildman–Crippen LogP) is 2.41. The molecule has 1 heterocycles. The summed E-state index contributed by atoms with van der Waals surface area (Å²) in [7, 11) is 0. The number of carbonyl (C=O) groups excluding carboxylic acids is 2. The zero-order chi connectivity index (χ0) is 18.3. The van der Waals surface area contributed by atoms with Gasteiger partial charge in [0.25, 0.3) is 5.91 Å². The van der Waals surface area contributed by atoms with Crippen LogP contribution in [0.5, 0.6) is 0 Å². The van der Waals surface area contributed by atoms with Crippen LogP contribution in [0, 0.1) is 11.3 Å². The summed E-state index contributed by atoms with van der Waals surface area (Å²) in [5, 5.41) is 20.0. The van der Waals surface area contributed by atoms with Crippen LogP contribution in [0.25, 0.3) is 0 Å². The first kappa shape index (κ1) is 19.7. The second-order valence-corrected chi connectivity index (χ2v) is 6.45. The van der Waals surface area contributed by atoms with Crippen molar-refractivity contribution in [3.63, 3.8) is 0 Å². The summed E-state index contributed by atoms with van der Waals surface area (Å²) in [6, 6.07) is 0.407. The monoisotopic (exact) mass is 338 g/mol. The lowest BCUT2D eigenvalue weighted by molar-refractivity contribution is -0.137. The zero-order valence-electron chi connectivity index (χ0n) is 14.5. The maximum Gasteiger partial charge on any atom is 0.405 e. The summed E-state index contributed by atoms with van der Waals surface area (Å²) < 4.78 is 0. The number of Topliss-reactive ketones (excluding diaryl/α,β-unsaturated/α-hetero) is 1. The maximum absolute atomic E-state index is 12.6. The third-order valence-corrected chi connectivity index (χ3v) is 4.45. The molecule has 4 N–H and O–H groups in total. The molecule has 0 spiro atoms. The molecule has 0 saturated heterocycles. The fourth-order valence-corrected chi connectivity index (χ4v) is 2.71. The van der Waals surface area contributed by atoms with Gasteiger partial charge in [-0.1, -0.05) is 40.5 Å². The number of hydrogen-bond acceptors (Lipinski definition) is 4. The van der Waals surface area contributed by atoms with Crippen LogP contribution in [-0.4, -0.2) is 39.1 Å². The number of anilines is 1. The Morgan fingerprint density at radius 2 is 2.00 bits per heavy atom. The highest BCUT2D eigenvalue weighted by Gasteiger charge is 2.40. The molecule has 0 fully saturated rings. The van der Waals surface area contributed by atoms with Crippen LogP contribution in [0.4, 0.5) is 10.6 Å². The van der Waals surface area contributed by atoms with Crippen molar-refractivity contribution in [3.8, 4) is 0 Å². The number of H-pyrrole nitrogens is 1. The largest absolute Gasteiger partial charge is 0.465 e. The second-order valence-electron chi connectivity index (χ2n) is 6.45. The molecule has 1 aromatic heterocycles. The predicted molar refractivity (Wildman–Crippen MR) is 89.6 cm³/mol. The quantitative estimate of drug-likeness (QED) is 0.515. The van der Waals surface area contributed by atoms with E-state index in [0.717, 1.165) is 12.8 Å². The average molecular weight is 338 g/mol. The Morgan fingerprint density at radius 1 is 1.33 bits per heavy atom. The van der Waals surface area contributed by atoms with E-state index in [-0.39, 0.29) is 17.2 Å². The highest BCUT2D eigenvalue weighted by Crippen LogP contribution is 2.36. The lowest BCUT2D eigenvalue weighted by Gasteiger charge is -2.38. The van der Waals surface area contributed by atoms with Crippen molar-refractivity contribution in [2.75, 3.05) is 5.32 Å². The van der Waals surface area contributed by atoms with E-state index in [4.69, 9.17) is 5.11 Å². The van der Waals surface area contributed by atoms with Crippen LogP contribution >= 0.6 is 0 Å². The molecule has 134 valence electrons. The molecule has 8 heteroatoms. The number of ketones is 1. The molecule has 0 aliphatic carbocycles. The molecule has 0 aromatic carbocycles. The van der Waals surface area contributed by atoms with Crippen molar-refractivity contribution < 1.29 is 19.5 Å². The van der Waals surface area contributed by atoms with E-state index in [1.165, 1.54) is 12.3 Å². The summed E-state index contributed by atoms with van der Waals surface area (Å²) >= 11 is 0. The van der Waals surface area contributed by atoms with Crippen LogP contribution in [-0.2, 0) is 9.59 Å². The fraction of sp³-hybridized carbons (Fsp3) is 0.625. The first-order valence-corrected chi connectivity index (χ1v) is 8.07. The van der Waals surface area contributed by atoms with Crippen molar-refractivity contribution in [2.45, 2.75) is 53.0 Å². The number of aromatic nitrogens is 2. The van der Waals surface area contributed by atoms with Crippen LogP contribution in [0.15, 0.2) is 12.3 Å². The van der Waals surface area contributed by atoms with Crippen LogP contribution in [0.1, 0.15) is 47.0 Å². The number of aromatic amines is 1. The Balaban J connectivity index is 3.06. The number of carboxylic acid groups (broad SMARTS) is 1. The molecule has 1 rings (SSSR count). The third-order valence-electron chi connectivity index (χ3n) is 4.45. The van der Waals surface area contributed by atoms with E-state index in [0.29, 0.717) is 6.42 Å². The van der Waals surface area contributed by atoms with E-state index < -0.39 is 23.8 Å². The van der Waals surface area contributed by atoms with Crippen molar-refractivity contribution >= 4 is 23.6 Å². The van der Waals surface area contributed by atoms with Gasteiger partial charge in [-0.2, -0.15) is 5.10 Å². The number of hydrogen-bond donors (Lipinski definition) is 4. The van der Waals surface area contributed by atoms with Gasteiger partial charge in [-0.3, -0.25) is 14.7 Å². The van der Waals surface area contributed by atoms with Gasteiger partial charge in [0, 0.05) is 6.07 Å². The van der Waals surface area contributed by atoms with Crippen LogP contribution < -0.4 is 10.6 Å². The normalized spacial score (nSPS) is 13.8. The van der Waals surface area contributed by atoms with Gasteiger partial charge >= 0.3 is 6.09 Å². The minimum Gasteiger partial charge on any atom is -0.465 e. The highest BCUT2D eigenvalue weighted by atomic mass is 16.4. The van der Waals surface area contributed by atoms with E-state index in [2.05, 4.69) is 20.8 Å². The topological polar surface area (TPSA) is 124 Å². The maximum atomic E-state index is 12.6. The lowest BCUT2D eigenvalue weighted by Crippen LogP contribution is -2.53. The summed E-state index contributed by atoms with van der Waals surface area (Å²) in [4.78, 5) is 36.0. The molecule has 0 aliphatic heterocycles. The number of nitrogens with one attached hydrogen (secondary N) is 3. The minimum absolute atomic E-state index is 0.282. The van der Waals surface area contributed by atoms with Crippen molar-refractivity contribution in [1.82, 2.24) is 15.5 Å². The summed E-state index contributed by atoms with van der Waals surface area (Å²) in [6.07, 6.45) is 2.28. The molecule has 2 atom stereocenters. The molecule has 2 unspecified atom stereocenters. The van der Waals surface area contributed by atoms with E-state index in [1.807, 2.05) is 27.7 Å². The van der Waals surface area contributed by atoms with E-state index in [9.17, 15) is 14.4 Å². The number of rotatable bonds is 9. The molecular formula is C16H26N4O4. The average Bonchev–Trinajstić information content (AvgIpc) is 3.02. The highest BCUT2D eigenvalue weighted by molar-refractivity contribution is 6.42. The standard InChI is InChI=1S/C16H26N4O4/c1-5-7-10(16(3,4)6-2)12(19-15(23)24)13(21)14(22)18-11-8-9-17-20-11/h8-10,12,19H,5-7H2,1-4H3,(H,23,24)(H2,17,18,20,22). The third kappa shape index (κ3) is 5.07. The first-order chi connectivity index (χ1) is 11.2. The fourth-order valence-electron chi connectivity index (χ4n) is 2.71. The van der Waals surface area contributed by atoms with Gasteiger partial charge in [0.05, 0.1) is 6.20 Å². The zero-order valence-corrected chi connectivity index (χ0v) is 14.5. The van der Waals surface area contributed by atoms with Crippen molar-refractivity contribution in [3.05, 3.63) is 12.3 Å². The Labute approximate surface area is 141 Å². The number of nitrogens with zero attached hydrogens (tertiary/aromatic N) is 1. The molecule has 1 aromatic rings. The summed E-state index contributed by atoms with van der Waals surface area (Å²) in [5.74, 6) is -1.68. The Hall–Kier alpha value is -2.38. The lowest BCUT2D eigenvalue weighted by atomic mass is 9.69. The van der Waals surface area contributed by atoms with Gasteiger partial charge in [-0.05, 0) is 17.8 Å². The summed E-state index contributed by atoms with van der Waals surface area (Å²) in [5.41, 5.74) is -0.299. The molecule has 24 heavy (non-hydrogen) atoms. The summed E-state index contributed by atoms with van der Waals surface area (Å²) in [6.45, 7) is 7.90. The van der Waals surface area contributed by atoms with Gasteiger partial charge in [-0.25, -0.2) is 4.79 Å². The molecule has 2 amide bonds. The molecule has 0 saturated carbocycles. The van der Waals surface area contributed by atoms with E-state index >= 15 is 0 Å². The number of carbonyl (C=O) groups is 3. The molecular weight excluding hydrogens is 312 g/mol.